The number of carbonyl (C=O) groups is 1. The lowest BCUT2D eigenvalue weighted by Crippen LogP contribution is -2.16. The van der Waals surface area contributed by atoms with Crippen molar-refractivity contribution in [2.45, 2.75) is 9.10 Å². The molecule has 5 rings (SSSR count). The first kappa shape index (κ1) is 26.6. The molecule has 2 aromatic carbocycles. The van der Waals surface area contributed by atoms with E-state index in [-0.39, 0.29) is 20.8 Å². The molecule has 5 aromatic rings. The van der Waals surface area contributed by atoms with E-state index in [0.717, 1.165) is 41.7 Å². The van der Waals surface area contributed by atoms with Gasteiger partial charge in [-0.25, -0.2) is 40.1 Å². The highest BCUT2D eigenvalue weighted by Gasteiger charge is 2.27. The van der Waals surface area contributed by atoms with E-state index in [1.165, 1.54) is 30.6 Å². The topological polar surface area (TPSA) is 152 Å². The summed E-state index contributed by atoms with van der Waals surface area (Å²) in [4.78, 5) is 20.2. The maximum absolute atomic E-state index is 15.4. The zero-order valence-electron chi connectivity index (χ0n) is 19.3. The van der Waals surface area contributed by atoms with Crippen LogP contribution >= 0.6 is 11.3 Å². The molecule has 0 atom stereocenters. The van der Waals surface area contributed by atoms with Gasteiger partial charge < -0.3 is 4.98 Å². The summed E-state index contributed by atoms with van der Waals surface area (Å²) < 4.78 is 94.0. The van der Waals surface area contributed by atoms with Crippen LogP contribution in [0.25, 0.3) is 21.5 Å². The van der Waals surface area contributed by atoms with Crippen LogP contribution in [0.5, 0.6) is 0 Å². The number of hydrogen-bond acceptors (Lipinski definition) is 7. The molecule has 0 bridgehead atoms. The first-order valence-corrected chi connectivity index (χ1v) is 14.6. The molecular weight excluding hydrogens is 577 g/mol. The number of fused-ring (bicyclic) bond motifs is 1. The number of carbonyl (C=O) groups excluding carboxylic acids is 1. The number of nitrogens with zero attached hydrogens (tertiary/aromatic N) is 1. The summed E-state index contributed by atoms with van der Waals surface area (Å²) in [7, 11) is -8.42. The largest absolute Gasteiger partial charge is 0.345 e. The van der Waals surface area contributed by atoms with Gasteiger partial charge in [-0.1, -0.05) is 6.07 Å². The Morgan fingerprint density at radius 3 is 2.46 bits per heavy atom. The first-order valence-electron chi connectivity index (χ1n) is 10.8. The fourth-order valence-electron chi connectivity index (χ4n) is 3.77. The van der Waals surface area contributed by atoms with Crippen LogP contribution in [0, 0.1) is 17.5 Å². The van der Waals surface area contributed by atoms with E-state index in [4.69, 9.17) is 5.14 Å². The molecule has 0 aliphatic heterocycles. The lowest BCUT2D eigenvalue weighted by atomic mass is 10.0. The third-order valence-corrected chi connectivity index (χ3v) is 9.53. The van der Waals surface area contributed by atoms with Gasteiger partial charge in [0.05, 0.1) is 16.1 Å². The molecule has 0 amide bonds. The molecule has 0 radical (unpaired) electrons. The molecule has 200 valence electrons. The molecule has 9 nitrogen and oxygen atoms in total. The molecule has 0 aliphatic rings. The van der Waals surface area contributed by atoms with Crippen molar-refractivity contribution in [3.05, 3.63) is 95.6 Å². The number of H-pyrrole nitrogens is 1. The van der Waals surface area contributed by atoms with Crippen LogP contribution in [0.3, 0.4) is 0 Å². The fraction of sp³-hybridized carbons (Fsp3) is 0. The molecule has 0 aliphatic carbocycles. The summed E-state index contributed by atoms with van der Waals surface area (Å²) in [5.74, 6) is -4.68. The second kappa shape index (κ2) is 9.60. The zero-order valence-corrected chi connectivity index (χ0v) is 21.7. The van der Waals surface area contributed by atoms with Crippen LogP contribution in [0.2, 0.25) is 0 Å². The number of aromatic amines is 1. The minimum absolute atomic E-state index is 0.0929. The SMILES string of the molecule is NS(=O)(=O)c1ccc(-c2cnc3[nH]cc(C(=O)c4c(F)ccc(NS(=O)(=O)c5cccc(F)c5)c4F)c3c2)s1. The Labute approximate surface area is 223 Å². The van der Waals surface area contributed by atoms with E-state index in [0.29, 0.717) is 16.5 Å². The van der Waals surface area contributed by atoms with Crippen molar-refractivity contribution in [3.8, 4) is 10.4 Å². The predicted octanol–water partition coefficient (Wildman–Crippen LogP) is 4.39. The van der Waals surface area contributed by atoms with Gasteiger partial charge in [0, 0.05) is 33.8 Å². The van der Waals surface area contributed by atoms with Crippen molar-refractivity contribution < 1.29 is 34.8 Å². The molecule has 3 aromatic heterocycles. The second-order valence-electron chi connectivity index (χ2n) is 8.16. The lowest BCUT2D eigenvalue weighted by molar-refractivity contribution is 0.103. The number of nitrogens with two attached hydrogens (primary N) is 1. The summed E-state index contributed by atoms with van der Waals surface area (Å²) in [5, 5.41) is 5.33. The average Bonchev–Trinajstić information content (AvgIpc) is 3.53. The normalized spacial score (nSPS) is 12.1. The van der Waals surface area contributed by atoms with Gasteiger partial charge in [-0.3, -0.25) is 9.52 Å². The molecule has 0 spiro atoms. The summed E-state index contributed by atoms with van der Waals surface area (Å²) in [5.41, 5.74) is -1.32. The van der Waals surface area contributed by atoms with E-state index in [2.05, 4.69) is 9.97 Å². The molecule has 0 fully saturated rings. The molecule has 4 N–H and O–H groups in total. The number of pyridine rings is 1. The van der Waals surface area contributed by atoms with Gasteiger partial charge in [0.1, 0.15) is 21.5 Å². The highest BCUT2D eigenvalue weighted by molar-refractivity contribution is 7.92. The van der Waals surface area contributed by atoms with Crippen molar-refractivity contribution in [1.29, 1.82) is 0 Å². The number of primary sulfonamides is 1. The Hall–Kier alpha value is -4.05. The number of hydrogen-bond donors (Lipinski definition) is 3. The van der Waals surface area contributed by atoms with Crippen molar-refractivity contribution >= 4 is 53.9 Å². The van der Waals surface area contributed by atoms with Crippen LogP contribution in [0.1, 0.15) is 15.9 Å². The van der Waals surface area contributed by atoms with Crippen LogP contribution in [0.4, 0.5) is 18.9 Å². The minimum atomic E-state index is -4.48. The van der Waals surface area contributed by atoms with Gasteiger partial charge in [-0.15, -0.1) is 11.3 Å². The number of sulfonamides is 2. The lowest BCUT2D eigenvalue weighted by Gasteiger charge is -2.12. The summed E-state index contributed by atoms with van der Waals surface area (Å²) in [6.45, 7) is 0. The smallest absolute Gasteiger partial charge is 0.262 e. The van der Waals surface area contributed by atoms with Gasteiger partial charge in [-0.05, 0) is 48.5 Å². The summed E-state index contributed by atoms with van der Waals surface area (Å²) in [6.07, 6.45) is 2.60. The standard InChI is InChI=1S/C24H15F3N4O5S3/c25-13-2-1-3-14(9-13)39(35,36)31-18-5-4-17(26)21(22(18)27)23(32)16-11-30-24-15(16)8-12(10-29-24)19-6-7-20(37-19)38(28,33)34/h1-11,31H,(H,29,30)(H2,28,33,34). The highest BCUT2D eigenvalue weighted by atomic mass is 32.2. The van der Waals surface area contributed by atoms with E-state index < -0.39 is 59.4 Å². The number of aromatic nitrogens is 2. The monoisotopic (exact) mass is 592 g/mol. The summed E-state index contributed by atoms with van der Waals surface area (Å²) >= 11 is 0.869. The van der Waals surface area contributed by atoms with E-state index in [1.54, 1.807) is 0 Å². The maximum Gasteiger partial charge on any atom is 0.262 e. The molecule has 39 heavy (non-hydrogen) atoms. The highest BCUT2D eigenvalue weighted by Crippen LogP contribution is 2.33. The number of ketones is 1. The van der Waals surface area contributed by atoms with E-state index >= 15 is 4.39 Å². The number of rotatable bonds is 7. The quantitative estimate of drug-likeness (QED) is 0.239. The molecule has 0 saturated carbocycles. The molecule has 15 heteroatoms. The minimum Gasteiger partial charge on any atom is -0.345 e. The Morgan fingerprint density at radius 1 is 1.00 bits per heavy atom. The molecule has 0 unspecified atom stereocenters. The maximum atomic E-state index is 15.4. The Kier molecular flexibility index (Phi) is 6.54. The van der Waals surface area contributed by atoms with Gasteiger partial charge in [0.25, 0.3) is 10.0 Å². The Bertz CT molecular complexity index is 2000. The number of anilines is 1. The number of benzene rings is 2. The predicted molar refractivity (Wildman–Crippen MR) is 138 cm³/mol. The van der Waals surface area contributed by atoms with Crippen molar-refractivity contribution in [3.63, 3.8) is 0 Å². The van der Waals surface area contributed by atoms with Crippen LogP contribution < -0.4 is 9.86 Å². The van der Waals surface area contributed by atoms with Crippen molar-refractivity contribution in [2.75, 3.05) is 4.72 Å². The molecule has 0 saturated heterocycles. The zero-order chi connectivity index (χ0) is 28.1. The number of halogens is 3. The van der Waals surface area contributed by atoms with Gasteiger partial charge in [-0.2, -0.15) is 0 Å². The van der Waals surface area contributed by atoms with Gasteiger partial charge >= 0.3 is 0 Å². The van der Waals surface area contributed by atoms with Crippen LogP contribution in [-0.2, 0) is 20.0 Å². The van der Waals surface area contributed by atoms with Gasteiger partial charge in [0.15, 0.2) is 5.82 Å². The average molecular weight is 593 g/mol. The molecular formula is C24H15F3N4O5S3. The number of nitrogens with one attached hydrogen (secondary N) is 2. The van der Waals surface area contributed by atoms with Crippen molar-refractivity contribution in [2.24, 2.45) is 5.14 Å². The number of thiophene rings is 1. The van der Waals surface area contributed by atoms with Gasteiger partial charge in [0.2, 0.25) is 15.8 Å². The second-order valence-corrected chi connectivity index (χ2v) is 12.7. The fourth-order valence-corrected chi connectivity index (χ4v) is 6.57. The Balaban J connectivity index is 1.54. The first-order chi connectivity index (χ1) is 18.3. The third kappa shape index (κ3) is 5.04. The third-order valence-electron chi connectivity index (χ3n) is 5.59. The van der Waals surface area contributed by atoms with E-state index in [1.807, 2.05) is 4.72 Å². The van der Waals surface area contributed by atoms with Crippen LogP contribution in [0.15, 0.2) is 76.1 Å². The Morgan fingerprint density at radius 2 is 1.77 bits per heavy atom. The van der Waals surface area contributed by atoms with Crippen molar-refractivity contribution in [1.82, 2.24) is 9.97 Å². The summed E-state index contributed by atoms with van der Waals surface area (Å²) in [6, 6.07) is 9.76. The van der Waals surface area contributed by atoms with Crippen LogP contribution in [-0.4, -0.2) is 32.6 Å². The molecule has 3 heterocycles. The van der Waals surface area contributed by atoms with E-state index in [9.17, 15) is 30.4 Å².